The largest absolute Gasteiger partial charge is 0.389 e. The molecule has 2 aliphatic heterocycles. The molecule has 42 heavy (non-hydrogen) atoms. The zero-order valence-corrected chi connectivity index (χ0v) is 24.7. The average Bonchev–Trinajstić information content (AvgIpc) is 3.39. The van der Waals surface area contributed by atoms with E-state index in [2.05, 4.69) is 10.6 Å². The summed E-state index contributed by atoms with van der Waals surface area (Å²) in [5.74, 6) is -2.06. The number of piperidine rings is 1. The van der Waals surface area contributed by atoms with Crippen molar-refractivity contribution < 1.29 is 28.3 Å². The van der Waals surface area contributed by atoms with Gasteiger partial charge in [0.25, 0.3) is 11.8 Å². The summed E-state index contributed by atoms with van der Waals surface area (Å²) in [6.45, 7) is 8.12. The molecule has 2 heterocycles. The van der Waals surface area contributed by atoms with E-state index >= 15 is 0 Å². The quantitative estimate of drug-likeness (QED) is 0.375. The number of carbonyl (C=O) groups excluding carboxylic acids is 3. The predicted molar refractivity (Wildman–Crippen MR) is 156 cm³/mol. The molecule has 2 aromatic carbocycles. The van der Waals surface area contributed by atoms with Crippen molar-refractivity contribution in [1.29, 1.82) is 0 Å². The first-order valence-corrected chi connectivity index (χ1v) is 15.0. The van der Waals surface area contributed by atoms with Crippen LogP contribution in [0.3, 0.4) is 0 Å². The molecule has 2 aromatic rings. The molecular formula is C32H42F2N4O4. The highest BCUT2D eigenvalue weighted by Gasteiger charge is 2.37. The lowest BCUT2D eigenvalue weighted by atomic mass is 9.88. The summed E-state index contributed by atoms with van der Waals surface area (Å²) in [5, 5.41) is 17.8. The van der Waals surface area contributed by atoms with Gasteiger partial charge in [-0.25, -0.2) is 8.78 Å². The normalized spacial score (nSPS) is 20.3. The van der Waals surface area contributed by atoms with E-state index in [-0.39, 0.29) is 35.4 Å². The molecule has 0 spiro atoms. The number of aliphatic hydroxyl groups excluding tert-OH is 1. The van der Waals surface area contributed by atoms with Crippen molar-refractivity contribution in [3.05, 3.63) is 70.3 Å². The second-order valence-electron chi connectivity index (χ2n) is 11.5. The van der Waals surface area contributed by atoms with E-state index in [0.29, 0.717) is 44.6 Å². The van der Waals surface area contributed by atoms with Gasteiger partial charge >= 0.3 is 0 Å². The third-order valence-electron chi connectivity index (χ3n) is 8.23. The number of aryl methyl sites for hydroxylation is 1. The third-order valence-corrected chi connectivity index (χ3v) is 8.23. The third kappa shape index (κ3) is 7.72. The highest BCUT2D eigenvalue weighted by atomic mass is 19.1. The van der Waals surface area contributed by atoms with Crippen molar-refractivity contribution >= 4 is 17.7 Å². The van der Waals surface area contributed by atoms with Gasteiger partial charge in [0.05, 0.1) is 12.1 Å². The first kappa shape index (κ1) is 31.6. The van der Waals surface area contributed by atoms with Gasteiger partial charge in [0, 0.05) is 55.3 Å². The molecule has 2 aliphatic rings. The fourth-order valence-corrected chi connectivity index (χ4v) is 6.19. The molecule has 4 atom stereocenters. The molecule has 3 amide bonds. The molecule has 228 valence electrons. The molecule has 2 fully saturated rings. The Hall–Kier alpha value is -3.37. The Kier molecular flexibility index (Phi) is 10.7. The summed E-state index contributed by atoms with van der Waals surface area (Å²) in [6.07, 6.45) is 2.25. The van der Waals surface area contributed by atoms with Crippen LogP contribution in [0.5, 0.6) is 0 Å². The van der Waals surface area contributed by atoms with Crippen LogP contribution in [-0.4, -0.2) is 83.0 Å². The fraction of sp³-hybridized carbons (Fsp3) is 0.531. The molecule has 0 radical (unpaired) electrons. The average molecular weight is 585 g/mol. The fourth-order valence-electron chi connectivity index (χ4n) is 6.19. The summed E-state index contributed by atoms with van der Waals surface area (Å²) in [4.78, 5) is 42.7. The second-order valence-corrected chi connectivity index (χ2v) is 11.5. The lowest BCUT2D eigenvalue weighted by molar-refractivity contribution is -0.130. The van der Waals surface area contributed by atoms with Gasteiger partial charge in [0.1, 0.15) is 11.6 Å². The highest BCUT2D eigenvalue weighted by Crippen LogP contribution is 2.25. The van der Waals surface area contributed by atoms with Gasteiger partial charge in [0.15, 0.2) is 0 Å². The molecule has 0 aromatic heterocycles. The van der Waals surface area contributed by atoms with Gasteiger partial charge in [-0.2, -0.15) is 0 Å². The van der Waals surface area contributed by atoms with Gasteiger partial charge < -0.3 is 25.5 Å². The van der Waals surface area contributed by atoms with Gasteiger partial charge in [0.2, 0.25) is 5.91 Å². The number of hydrogen-bond donors (Lipinski definition) is 3. The standard InChI is InChI=1S/C32H42F2N4O4/c1-4-10-37(5-2)32(42)23-13-20(3)12-22(17-23)31(41)36-28(16-21-14-24(33)18-25(34)15-21)30(40)27-19-26(8-9-35-27)38-11-6-7-29(38)39/h12-15,17-18,26-28,30,35,40H,4-11,16,19H2,1-3H3,(H,36,41)/t26?,27?,28-,30+/m0/s1. The number of halogens is 2. The number of carbonyl (C=O) groups is 3. The molecule has 2 unspecified atom stereocenters. The van der Waals surface area contributed by atoms with Crippen molar-refractivity contribution in [2.45, 2.75) is 83.5 Å². The van der Waals surface area contributed by atoms with Crippen LogP contribution in [0.4, 0.5) is 8.78 Å². The van der Waals surface area contributed by atoms with E-state index in [4.69, 9.17) is 0 Å². The number of aliphatic hydroxyl groups is 1. The van der Waals surface area contributed by atoms with Gasteiger partial charge in [-0.3, -0.25) is 14.4 Å². The maximum absolute atomic E-state index is 14.1. The van der Waals surface area contributed by atoms with Crippen molar-refractivity contribution in [2.75, 3.05) is 26.2 Å². The van der Waals surface area contributed by atoms with Crippen molar-refractivity contribution in [3.8, 4) is 0 Å². The maximum Gasteiger partial charge on any atom is 0.253 e. The van der Waals surface area contributed by atoms with Crippen LogP contribution in [0.15, 0.2) is 36.4 Å². The zero-order chi connectivity index (χ0) is 30.4. The maximum atomic E-state index is 14.1. The Morgan fingerprint density at radius 3 is 2.48 bits per heavy atom. The van der Waals surface area contributed by atoms with E-state index in [1.165, 1.54) is 12.1 Å². The SMILES string of the molecule is CCCN(CC)C(=O)c1cc(C)cc(C(=O)N[C@@H](Cc2cc(F)cc(F)c2)[C@H](O)C2CC(N3CCCC3=O)CCN2)c1. The molecule has 10 heteroatoms. The molecular weight excluding hydrogens is 542 g/mol. The number of benzene rings is 2. The van der Waals surface area contributed by atoms with Crippen LogP contribution in [0, 0.1) is 18.6 Å². The lowest BCUT2D eigenvalue weighted by Gasteiger charge is -2.40. The van der Waals surface area contributed by atoms with Crippen LogP contribution in [0.2, 0.25) is 0 Å². The summed E-state index contributed by atoms with van der Waals surface area (Å²) < 4.78 is 28.1. The van der Waals surface area contributed by atoms with E-state index in [9.17, 15) is 28.3 Å². The number of likely N-dealkylation sites (tertiary alicyclic amines) is 1. The summed E-state index contributed by atoms with van der Waals surface area (Å²) in [7, 11) is 0. The Morgan fingerprint density at radius 2 is 1.83 bits per heavy atom. The Morgan fingerprint density at radius 1 is 1.12 bits per heavy atom. The van der Waals surface area contributed by atoms with Crippen LogP contribution < -0.4 is 10.6 Å². The molecule has 0 aliphatic carbocycles. The monoisotopic (exact) mass is 584 g/mol. The van der Waals surface area contributed by atoms with E-state index in [1.54, 1.807) is 30.0 Å². The van der Waals surface area contributed by atoms with Crippen LogP contribution >= 0.6 is 0 Å². The van der Waals surface area contributed by atoms with Crippen LogP contribution in [0.1, 0.15) is 77.8 Å². The smallest absolute Gasteiger partial charge is 0.253 e. The summed E-state index contributed by atoms with van der Waals surface area (Å²) >= 11 is 0. The number of hydrogen-bond acceptors (Lipinski definition) is 5. The van der Waals surface area contributed by atoms with Crippen molar-refractivity contribution in [2.24, 2.45) is 0 Å². The summed E-state index contributed by atoms with van der Waals surface area (Å²) in [6, 6.07) is 6.71. The van der Waals surface area contributed by atoms with E-state index in [1.807, 2.05) is 18.7 Å². The molecule has 0 saturated carbocycles. The molecule has 3 N–H and O–H groups in total. The minimum Gasteiger partial charge on any atom is -0.389 e. The minimum atomic E-state index is -1.12. The Labute approximate surface area is 246 Å². The topological polar surface area (TPSA) is 102 Å². The minimum absolute atomic E-state index is 0.0230. The number of nitrogens with one attached hydrogen (secondary N) is 2. The lowest BCUT2D eigenvalue weighted by Crippen LogP contribution is -2.58. The van der Waals surface area contributed by atoms with Gasteiger partial charge in [-0.15, -0.1) is 0 Å². The number of rotatable bonds is 11. The van der Waals surface area contributed by atoms with Crippen LogP contribution in [-0.2, 0) is 11.2 Å². The van der Waals surface area contributed by atoms with Crippen LogP contribution in [0.25, 0.3) is 0 Å². The molecule has 2 saturated heterocycles. The Bertz CT molecular complexity index is 1270. The molecule has 8 nitrogen and oxygen atoms in total. The van der Waals surface area contributed by atoms with Crippen molar-refractivity contribution in [3.63, 3.8) is 0 Å². The van der Waals surface area contributed by atoms with Crippen molar-refractivity contribution in [1.82, 2.24) is 20.4 Å². The van der Waals surface area contributed by atoms with Gasteiger partial charge in [-0.05, 0) is 94.0 Å². The predicted octanol–water partition coefficient (Wildman–Crippen LogP) is 3.59. The summed E-state index contributed by atoms with van der Waals surface area (Å²) in [5.41, 5.74) is 1.67. The number of nitrogens with zero attached hydrogens (tertiary/aromatic N) is 2. The highest BCUT2D eigenvalue weighted by molar-refractivity contribution is 6.00. The van der Waals surface area contributed by atoms with E-state index in [0.717, 1.165) is 30.9 Å². The molecule has 4 rings (SSSR count). The zero-order valence-electron chi connectivity index (χ0n) is 24.7. The second kappa shape index (κ2) is 14.2. The first-order valence-electron chi connectivity index (χ1n) is 15.0. The number of amides is 3. The van der Waals surface area contributed by atoms with E-state index < -0.39 is 35.7 Å². The first-order chi connectivity index (χ1) is 20.1. The van der Waals surface area contributed by atoms with Gasteiger partial charge in [-0.1, -0.05) is 6.92 Å². The molecule has 0 bridgehead atoms. The Balaban J connectivity index is 1.58.